The van der Waals surface area contributed by atoms with E-state index in [-0.39, 0.29) is 0 Å². The normalized spacial score (nSPS) is 10.8. The Hall–Kier alpha value is -2.55. The minimum absolute atomic E-state index is 0.797. The molecule has 0 unspecified atom stereocenters. The Morgan fingerprint density at radius 3 is 2.48 bits per heavy atom. The number of aromatic nitrogens is 2. The van der Waals surface area contributed by atoms with Gasteiger partial charge in [-0.15, -0.1) is 0 Å². The zero-order chi connectivity index (χ0) is 17.3. The quantitative estimate of drug-likeness (QED) is 0.479. The van der Waals surface area contributed by atoms with Crippen LogP contribution >= 0.6 is 0 Å². The molecule has 2 aromatic carbocycles. The molecule has 3 rings (SSSR count). The van der Waals surface area contributed by atoms with E-state index < -0.39 is 0 Å². The molecular formula is C22H26N2O. The van der Waals surface area contributed by atoms with Crippen molar-refractivity contribution in [2.24, 2.45) is 0 Å². The van der Waals surface area contributed by atoms with E-state index in [0.29, 0.717) is 0 Å². The van der Waals surface area contributed by atoms with Crippen molar-refractivity contribution in [2.75, 3.05) is 6.61 Å². The van der Waals surface area contributed by atoms with Gasteiger partial charge < -0.3 is 9.30 Å². The monoisotopic (exact) mass is 334 g/mol. The topological polar surface area (TPSA) is 27.1 Å². The molecule has 0 saturated carbocycles. The molecule has 0 aliphatic rings. The van der Waals surface area contributed by atoms with Crippen molar-refractivity contribution in [2.45, 2.75) is 39.2 Å². The van der Waals surface area contributed by atoms with Crippen LogP contribution in [0.5, 0.6) is 5.75 Å². The Kier molecular flexibility index (Phi) is 6.27. The molecular weight excluding hydrogens is 308 g/mol. The molecule has 0 atom stereocenters. The van der Waals surface area contributed by atoms with E-state index in [1.165, 1.54) is 24.8 Å². The zero-order valence-corrected chi connectivity index (χ0v) is 14.9. The first-order chi connectivity index (χ1) is 12.4. The molecule has 0 aliphatic carbocycles. The van der Waals surface area contributed by atoms with Crippen molar-refractivity contribution in [3.63, 3.8) is 0 Å². The third-order valence-electron chi connectivity index (χ3n) is 4.32. The van der Waals surface area contributed by atoms with E-state index in [4.69, 9.17) is 4.74 Å². The van der Waals surface area contributed by atoms with Gasteiger partial charge in [0.05, 0.1) is 24.8 Å². The fraction of sp³-hybridized carbons (Fsp3) is 0.318. The number of hydrogen-bond donors (Lipinski definition) is 0. The van der Waals surface area contributed by atoms with Crippen LogP contribution in [-0.4, -0.2) is 16.2 Å². The fourth-order valence-electron chi connectivity index (χ4n) is 2.91. The molecule has 0 radical (unpaired) electrons. The van der Waals surface area contributed by atoms with E-state index >= 15 is 0 Å². The predicted molar refractivity (Wildman–Crippen MR) is 103 cm³/mol. The maximum absolute atomic E-state index is 5.83. The van der Waals surface area contributed by atoms with Crippen molar-refractivity contribution >= 4 is 0 Å². The van der Waals surface area contributed by atoms with Crippen LogP contribution in [0.1, 0.15) is 38.2 Å². The highest BCUT2D eigenvalue weighted by atomic mass is 16.5. The Balaban J connectivity index is 1.62. The van der Waals surface area contributed by atoms with E-state index in [0.717, 1.165) is 36.6 Å². The summed E-state index contributed by atoms with van der Waals surface area (Å²) < 4.78 is 8.00. The standard InChI is InChI=1S/C22H26N2O/c1-2-3-4-8-15-25-21-13-11-20(12-14-21)22-16-23-18-24(22)17-19-9-6-5-7-10-19/h5-7,9-14,16,18H,2-4,8,15,17H2,1H3. The summed E-state index contributed by atoms with van der Waals surface area (Å²) in [7, 11) is 0. The van der Waals surface area contributed by atoms with Crippen LogP contribution in [0.15, 0.2) is 67.1 Å². The number of benzene rings is 2. The minimum Gasteiger partial charge on any atom is -0.494 e. The van der Waals surface area contributed by atoms with Gasteiger partial charge in [-0.2, -0.15) is 0 Å². The smallest absolute Gasteiger partial charge is 0.119 e. The molecule has 0 bridgehead atoms. The minimum atomic E-state index is 0.797. The van der Waals surface area contributed by atoms with Crippen molar-refractivity contribution < 1.29 is 4.74 Å². The first-order valence-corrected chi connectivity index (χ1v) is 9.14. The summed E-state index contributed by atoms with van der Waals surface area (Å²) in [5.74, 6) is 0.939. The lowest BCUT2D eigenvalue weighted by molar-refractivity contribution is 0.305. The second kappa shape index (κ2) is 9.07. The van der Waals surface area contributed by atoms with Crippen molar-refractivity contribution in [3.05, 3.63) is 72.7 Å². The molecule has 1 heterocycles. The first-order valence-electron chi connectivity index (χ1n) is 9.14. The number of unbranched alkanes of at least 4 members (excludes halogenated alkanes) is 3. The second-order valence-corrected chi connectivity index (χ2v) is 6.33. The Labute approximate surface area is 150 Å². The lowest BCUT2D eigenvalue weighted by Gasteiger charge is -2.10. The third-order valence-corrected chi connectivity index (χ3v) is 4.32. The molecule has 0 spiro atoms. The molecule has 3 heteroatoms. The molecule has 0 saturated heterocycles. The first kappa shape index (κ1) is 17.3. The molecule has 0 amide bonds. The van der Waals surface area contributed by atoms with Gasteiger partial charge in [0.25, 0.3) is 0 Å². The van der Waals surface area contributed by atoms with Gasteiger partial charge in [-0.3, -0.25) is 0 Å². The van der Waals surface area contributed by atoms with Gasteiger partial charge in [0.1, 0.15) is 5.75 Å². The maximum Gasteiger partial charge on any atom is 0.119 e. The van der Waals surface area contributed by atoms with Gasteiger partial charge in [0.15, 0.2) is 0 Å². The van der Waals surface area contributed by atoms with Crippen LogP contribution in [0.2, 0.25) is 0 Å². The van der Waals surface area contributed by atoms with Gasteiger partial charge in [-0.1, -0.05) is 56.5 Å². The van der Waals surface area contributed by atoms with Gasteiger partial charge in [-0.25, -0.2) is 4.98 Å². The second-order valence-electron chi connectivity index (χ2n) is 6.33. The highest BCUT2D eigenvalue weighted by Gasteiger charge is 2.06. The summed E-state index contributed by atoms with van der Waals surface area (Å²) in [6, 6.07) is 18.8. The number of nitrogens with zero attached hydrogens (tertiary/aromatic N) is 2. The fourth-order valence-corrected chi connectivity index (χ4v) is 2.91. The van der Waals surface area contributed by atoms with Crippen LogP contribution in [0, 0.1) is 0 Å². The van der Waals surface area contributed by atoms with E-state index in [2.05, 4.69) is 65.0 Å². The van der Waals surface area contributed by atoms with Crippen molar-refractivity contribution in [3.8, 4) is 17.0 Å². The molecule has 1 aromatic heterocycles. The summed E-state index contributed by atoms with van der Waals surface area (Å²) in [5, 5.41) is 0. The van der Waals surface area contributed by atoms with E-state index in [1.54, 1.807) is 0 Å². The summed E-state index contributed by atoms with van der Waals surface area (Å²) >= 11 is 0. The predicted octanol–water partition coefficient (Wildman–Crippen LogP) is 5.56. The van der Waals surface area contributed by atoms with Gasteiger partial charge in [0.2, 0.25) is 0 Å². The van der Waals surface area contributed by atoms with E-state index in [9.17, 15) is 0 Å². The maximum atomic E-state index is 5.83. The lowest BCUT2D eigenvalue weighted by atomic mass is 10.1. The zero-order valence-electron chi connectivity index (χ0n) is 14.9. The van der Waals surface area contributed by atoms with Crippen LogP contribution in [0.3, 0.4) is 0 Å². The van der Waals surface area contributed by atoms with Crippen LogP contribution in [0.25, 0.3) is 11.3 Å². The molecule has 3 nitrogen and oxygen atoms in total. The molecule has 130 valence electrons. The van der Waals surface area contributed by atoms with Crippen molar-refractivity contribution in [1.29, 1.82) is 0 Å². The largest absolute Gasteiger partial charge is 0.494 e. The van der Waals surface area contributed by atoms with Crippen LogP contribution in [0.4, 0.5) is 0 Å². The van der Waals surface area contributed by atoms with Crippen molar-refractivity contribution in [1.82, 2.24) is 9.55 Å². The molecule has 25 heavy (non-hydrogen) atoms. The van der Waals surface area contributed by atoms with E-state index in [1.807, 2.05) is 18.6 Å². The highest BCUT2D eigenvalue weighted by molar-refractivity contribution is 5.60. The SMILES string of the molecule is CCCCCCOc1ccc(-c2cncn2Cc2ccccc2)cc1. The Morgan fingerprint density at radius 2 is 1.72 bits per heavy atom. The van der Waals surface area contributed by atoms with Gasteiger partial charge in [-0.05, 0) is 36.2 Å². The van der Waals surface area contributed by atoms with Gasteiger partial charge >= 0.3 is 0 Å². The molecule has 3 aromatic rings. The Bertz CT molecular complexity index is 747. The molecule has 0 N–H and O–H groups in total. The molecule has 0 aliphatic heterocycles. The number of hydrogen-bond acceptors (Lipinski definition) is 2. The summed E-state index contributed by atoms with van der Waals surface area (Å²) in [5.41, 5.74) is 3.55. The number of ether oxygens (including phenoxy) is 1. The lowest BCUT2D eigenvalue weighted by Crippen LogP contribution is -2.00. The molecule has 0 fully saturated rings. The average molecular weight is 334 g/mol. The average Bonchev–Trinajstić information content (AvgIpc) is 3.11. The third kappa shape index (κ3) is 4.96. The van der Waals surface area contributed by atoms with Gasteiger partial charge in [0, 0.05) is 12.1 Å². The summed E-state index contributed by atoms with van der Waals surface area (Å²) in [6.45, 7) is 3.85. The van der Waals surface area contributed by atoms with Crippen LogP contribution in [-0.2, 0) is 6.54 Å². The summed E-state index contributed by atoms with van der Waals surface area (Å²) in [4.78, 5) is 4.33. The highest BCUT2D eigenvalue weighted by Crippen LogP contribution is 2.23. The number of rotatable bonds is 9. The number of imidazole rings is 1. The summed E-state index contributed by atoms with van der Waals surface area (Å²) in [6.07, 6.45) is 8.72. The Morgan fingerprint density at radius 1 is 0.920 bits per heavy atom. The van der Waals surface area contributed by atoms with Crippen LogP contribution < -0.4 is 4.74 Å².